The first-order valence-electron chi connectivity index (χ1n) is 9.70. The van der Waals surface area contributed by atoms with E-state index in [1.54, 1.807) is 6.92 Å². The molecule has 0 aromatic carbocycles. The van der Waals surface area contributed by atoms with E-state index in [9.17, 15) is 15.3 Å². The number of rotatable bonds is 5. The Morgan fingerprint density at radius 1 is 1.12 bits per heavy atom. The average Bonchev–Trinajstić information content (AvgIpc) is 2.51. The molecule has 142 valence electrons. The van der Waals surface area contributed by atoms with Gasteiger partial charge in [-0.15, -0.1) is 0 Å². The maximum atomic E-state index is 11.1. The molecule has 0 aromatic heterocycles. The van der Waals surface area contributed by atoms with E-state index in [0.717, 1.165) is 32.1 Å². The van der Waals surface area contributed by atoms with Crippen molar-refractivity contribution in [1.82, 2.24) is 0 Å². The number of fused-ring (bicyclic) bond motifs is 1. The third-order valence-electron chi connectivity index (χ3n) is 8.16. The van der Waals surface area contributed by atoms with E-state index in [2.05, 4.69) is 27.7 Å². The molecular weight excluding hydrogens is 304 g/mol. The second-order valence-electron chi connectivity index (χ2n) is 9.47. The summed E-state index contributed by atoms with van der Waals surface area (Å²) in [5.41, 5.74) is -1.62. The van der Waals surface area contributed by atoms with Crippen LogP contribution in [0.25, 0.3) is 0 Å². The van der Waals surface area contributed by atoms with E-state index in [4.69, 9.17) is 5.11 Å². The molecule has 0 heterocycles. The molecule has 0 aliphatic heterocycles. The largest absolute Gasteiger partial charge is 0.396 e. The average molecular weight is 343 g/mol. The van der Waals surface area contributed by atoms with Gasteiger partial charge in [0.25, 0.3) is 0 Å². The topological polar surface area (TPSA) is 80.9 Å². The molecule has 8 atom stereocenters. The van der Waals surface area contributed by atoms with Gasteiger partial charge in [-0.3, -0.25) is 0 Å². The van der Waals surface area contributed by atoms with Gasteiger partial charge in [0.05, 0.1) is 11.7 Å². The minimum absolute atomic E-state index is 0.0296. The second-order valence-corrected chi connectivity index (χ2v) is 9.47. The zero-order chi connectivity index (χ0) is 18.3. The summed E-state index contributed by atoms with van der Waals surface area (Å²) >= 11 is 0. The van der Waals surface area contributed by atoms with Crippen molar-refractivity contribution in [3.63, 3.8) is 0 Å². The Morgan fingerprint density at radius 3 is 2.33 bits per heavy atom. The normalized spacial score (nSPS) is 50.4. The van der Waals surface area contributed by atoms with Crippen LogP contribution in [-0.2, 0) is 0 Å². The molecule has 0 radical (unpaired) electrons. The molecular formula is C20H38O4. The summed E-state index contributed by atoms with van der Waals surface area (Å²) in [5.74, 6) is 1.19. The first-order chi connectivity index (χ1) is 11.0. The van der Waals surface area contributed by atoms with Gasteiger partial charge in [-0.2, -0.15) is 0 Å². The molecule has 0 saturated heterocycles. The molecule has 0 spiro atoms. The third-order valence-corrected chi connectivity index (χ3v) is 8.16. The van der Waals surface area contributed by atoms with Gasteiger partial charge in [0, 0.05) is 12.0 Å². The zero-order valence-electron chi connectivity index (χ0n) is 16.1. The van der Waals surface area contributed by atoms with Crippen LogP contribution in [0.5, 0.6) is 0 Å². The monoisotopic (exact) mass is 342 g/mol. The highest BCUT2D eigenvalue weighted by atomic mass is 16.4. The van der Waals surface area contributed by atoms with Gasteiger partial charge in [-0.25, -0.2) is 0 Å². The molecule has 0 amide bonds. The van der Waals surface area contributed by atoms with Crippen LogP contribution >= 0.6 is 0 Å². The van der Waals surface area contributed by atoms with Crippen LogP contribution < -0.4 is 0 Å². The Kier molecular flexibility index (Phi) is 5.76. The van der Waals surface area contributed by atoms with Gasteiger partial charge in [0.2, 0.25) is 0 Å². The fraction of sp³-hybridized carbons (Fsp3) is 1.00. The Morgan fingerprint density at radius 2 is 1.75 bits per heavy atom. The predicted molar refractivity (Wildman–Crippen MR) is 95.5 cm³/mol. The fourth-order valence-corrected chi connectivity index (χ4v) is 5.65. The maximum absolute atomic E-state index is 11.1. The molecule has 2 rings (SSSR count). The van der Waals surface area contributed by atoms with Crippen molar-refractivity contribution < 1.29 is 20.4 Å². The van der Waals surface area contributed by atoms with Crippen molar-refractivity contribution >= 4 is 0 Å². The molecule has 24 heavy (non-hydrogen) atoms. The van der Waals surface area contributed by atoms with Crippen LogP contribution in [0.2, 0.25) is 0 Å². The molecule has 0 aromatic rings. The van der Waals surface area contributed by atoms with Crippen molar-refractivity contribution in [2.45, 2.75) is 91.0 Å². The van der Waals surface area contributed by atoms with E-state index < -0.39 is 17.8 Å². The number of hydrogen-bond donors (Lipinski definition) is 4. The minimum atomic E-state index is -1.27. The zero-order valence-corrected chi connectivity index (χ0v) is 16.1. The highest BCUT2D eigenvalue weighted by Crippen LogP contribution is 2.64. The highest BCUT2D eigenvalue weighted by molar-refractivity contribution is 5.14. The molecule has 4 N–H and O–H groups in total. The van der Waals surface area contributed by atoms with Gasteiger partial charge in [-0.05, 0) is 62.2 Å². The molecule has 0 unspecified atom stereocenters. The van der Waals surface area contributed by atoms with Gasteiger partial charge >= 0.3 is 0 Å². The smallest absolute Gasteiger partial charge is 0.109 e. The number of hydrogen-bond acceptors (Lipinski definition) is 4. The highest BCUT2D eigenvalue weighted by Gasteiger charge is 2.64. The summed E-state index contributed by atoms with van der Waals surface area (Å²) in [6.45, 7) is 10.8. The van der Waals surface area contributed by atoms with Crippen LogP contribution in [0, 0.1) is 28.6 Å². The lowest BCUT2D eigenvalue weighted by Gasteiger charge is -2.64. The van der Waals surface area contributed by atoms with Gasteiger partial charge < -0.3 is 20.4 Å². The molecule has 2 fully saturated rings. The first-order valence-corrected chi connectivity index (χ1v) is 9.70. The van der Waals surface area contributed by atoms with E-state index in [1.165, 1.54) is 0 Å². The van der Waals surface area contributed by atoms with Crippen LogP contribution in [0.1, 0.15) is 73.1 Å². The predicted octanol–water partition coefficient (Wildman–Crippen LogP) is 2.72. The lowest BCUT2D eigenvalue weighted by Crippen LogP contribution is -2.68. The molecule has 2 aliphatic rings. The minimum Gasteiger partial charge on any atom is -0.396 e. The maximum Gasteiger partial charge on any atom is 0.109 e. The van der Waals surface area contributed by atoms with Gasteiger partial charge in [0.15, 0.2) is 0 Å². The third kappa shape index (κ3) is 3.04. The number of aliphatic hydroxyl groups excluding tert-OH is 3. The van der Waals surface area contributed by atoms with Gasteiger partial charge in [0.1, 0.15) is 6.10 Å². The Bertz CT molecular complexity index is 437. The SMILES string of the molecule is C[C@@H](CCO)CC[C@@]1(C)[C@H](C)CC[C@]2(C)[C@@H]1C[C@H](O)[C@H](O)[C@@]2(C)O. The summed E-state index contributed by atoms with van der Waals surface area (Å²) in [4.78, 5) is 0. The second kappa shape index (κ2) is 6.86. The van der Waals surface area contributed by atoms with Crippen LogP contribution in [0.3, 0.4) is 0 Å². The summed E-state index contributed by atoms with van der Waals surface area (Å²) in [6.07, 6.45) is 3.45. The lowest BCUT2D eigenvalue weighted by molar-refractivity contribution is -0.264. The Labute approximate surface area is 147 Å². The lowest BCUT2D eigenvalue weighted by atomic mass is 9.42. The van der Waals surface area contributed by atoms with Crippen molar-refractivity contribution in [1.29, 1.82) is 0 Å². The Balaban J connectivity index is 2.30. The molecule has 4 heteroatoms. The van der Waals surface area contributed by atoms with E-state index in [1.807, 2.05) is 0 Å². The van der Waals surface area contributed by atoms with Crippen molar-refractivity contribution in [2.24, 2.45) is 28.6 Å². The van der Waals surface area contributed by atoms with Crippen LogP contribution in [0.4, 0.5) is 0 Å². The summed E-state index contributed by atoms with van der Waals surface area (Å²) in [6, 6.07) is 0. The van der Waals surface area contributed by atoms with Crippen LogP contribution in [-0.4, -0.2) is 44.8 Å². The fourth-order valence-electron chi connectivity index (χ4n) is 5.65. The summed E-state index contributed by atoms with van der Waals surface area (Å²) in [5, 5.41) is 41.1. The van der Waals surface area contributed by atoms with Crippen LogP contribution in [0.15, 0.2) is 0 Å². The first kappa shape index (κ1) is 20.2. The molecule has 0 bridgehead atoms. The Hall–Kier alpha value is -0.160. The van der Waals surface area contributed by atoms with Crippen molar-refractivity contribution in [3.8, 4) is 0 Å². The summed E-state index contributed by atoms with van der Waals surface area (Å²) in [7, 11) is 0. The van der Waals surface area contributed by atoms with E-state index >= 15 is 0 Å². The quantitative estimate of drug-likeness (QED) is 0.619. The molecule has 4 nitrogen and oxygen atoms in total. The van der Waals surface area contributed by atoms with E-state index in [0.29, 0.717) is 18.3 Å². The number of aliphatic hydroxyl groups is 4. The van der Waals surface area contributed by atoms with Crippen molar-refractivity contribution in [3.05, 3.63) is 0 Å². The molecule has 2 aliphatic carbocycles. The summed E-state index contributed by atoms with van der Waals surface area (Å²) < 4.78 is 0. The molecule has 2 saturated carbocycles. The van der Waals surface area contributed by atoms with E-state index in [-0.39, 0.29) is 23.4 Å². The standard InChI is InChI=1S/C20H38O4/c1-13(8-11-21)6-9-18(3)14(2)7-10-19(4)16(18)12-15(22)17(23)20(19,5)24/h13-17,21-24H,6-12H2,1-5H3/t13-,14-,15+,16-,17+,18+,19-,20-/m1/s1. The van der Waals surface area contributed by atoms with Gasteiger partial charge in [-0.1, -0.05) is 34.1 Å². The van der Waals surface area contributed by atoms with Crippen molar-refractivity contribution in [2.75, 3.05) is 6.61 Å².